The standard InChI is InChI=1S/C22H16N2O4/c25-20(14-10-11-17-18(12-14)22(27)24-21(17)26)23-13-15-6-4-5-9-19(15)28-16-7-2-1-3-8-16/h1-12H,13H2,(H,23,25)(H,24,26,27). The number of imide groups is 1. The van der Waals surface area contributed by atoms with Gasteiger partial charge in [-0.3, -0.25) is 19.7 Å². The van der Waals surface area contributed by atoms with Crippen molar-refractivity contribution in [3.8, 4) is 11.5 Å². The third-order valence-corrected chi connectivity index (χ3v) is 4.38. The Kier molecular flexibility index (Phi) is 4.60. The number of rotatable bonds is 5. The van der Waals surface area contributed by atoms with Gasteiger partial charge in [0.05, 0.1) is 11.1 Å². The number of amides is 3. The topological polar surface area (TPSA) is 84.5 Å². The van der Waals surface area contributed by atoms with E-state index in [4.69, 9.17) is 4.74 Å². The summed E-state index contributed by atoms with van der Waals surface area (Å²) < 4.78 is 5.89. The fourth-order valence-electron chi connectivity index (χ4n) is 2.95. The lowest BCUT2D eigenvalue weighted by Crippen LogP contribution is -2.23. The molecule has 0 bridgehead atoms. The lowest BCUT2D eigenvalue weighted by atomic mass is 10.1. The zero-order valence-corrected chi connectivity index (χ0v) is 14.8. The Bertz CT molecular complexity index is 1080. The van der Waals surface area contributed by atoms with Gasteiger partial charge in [0.25, 0.3) is 17.7 Å². The van der Waals surface area contributed by atoms with Crippen molar-refractivity contribution < 1.29 is 19.1 Å². The van der Waals surface area contributed by atoms with E-state index in [1.165, 1.54) is 18.2 Å². The molecule has 3 aromatic rings. The van der Waals surface area contributed by atoms with E-state index in [0.29, 0.717) is 17.1 Å². The second-order valence-electron chi connectivity index (χ2n) is 6.25. The van der Waals surface area contributed by atoms with E-state index in [1.54, 1.807) is 0 Å². The number of carbonyl (C=O) groups is 3. The molecule has 0 unspecified atom stereocenters. The minimum absolute atomic E-state index is 0.213. The van der Waals surface area contributed by atoms with Crippen molar-refractivity contribution in [2.75, 3.05) is 0 Å². The Morgan fingerprint density at radius 2 is 1.57 bits per heavy atom. The highest BCUT2D eigenvalue weighted by Gasteiger charge is 2.27. The highest BCUT2D eigenvalue weighted by molar-refractivity contribution is 6.22. The van der Waals surface area contributed by atoms with Gasteiger partial charge in [-0.25, -0.2) is 0 Å². The zero-order chi connectivity index (χ0) is 19.5. The monoisotopic (exact) mass is 372 g/mol. The number of fused-ring (bicyclic) bond motifs is 1. The van der Waals surface area contributed by atoms with Gasteiger partial charge in [-0.15, -0.1) is 0 Å². The zero-order valence-electron chi connectivity index (χ0n) is 14.8. The van der Waals surface area contributed by atoms with Crippen LogP contribution in [0.5, 0.6) is 11.5 Å². The molecule has 3 aromatic carbocycles. The summed E-state index contributed by atoms with van der Waals surface area (Å²) in [6.07, 6.45) is 0. The van der Waals surface area contributed by atoms with Crippen LogP contribution in [-0.4, -0.2) is 17.7 Å². The average molecular weight is 372 g/mol. The molecule has 138 valence electrons. The van der Waals surface area contributed by atoms with E-state index in [-0.39, 0.29) is 23.6 Å². The van der Waals surface area contributed by atoms with E-state index in [9.17, 15) is 14.4 Å². The van der Waals surface area contributed by atoms with Gasteiger partial charge >= 0.3 is 0 Å². The molecule has 0 radical (unpaired) electrons. The van der Waals surface area contributed by atoms with Crippen LogP contribution >= 0.6 is 0 Å². The number of carbonyl (C=O) groups excluding carboxylic acids is 3. The number of hydrogen-bond donors (Lipinski definition) is 2. The van der Waals surface area contributed by atoms with Crippen molar-refractivity contribution in [2.24, 2.45) is 0 Å². The van der Waals surface area contributed by atoms with Crippen LogP contribution in [0.3, 0.4) is 0 Å². The first-order valence-corrected chi connectivity index (χ1v) is 8.70. The molecule has 1 aliphatic rings. The van der Waals surface area contributed by atoms with Crippen LogP contribution in [0.25, 0.3) is 0 Å². The number of hydrogen-bond acceptors (Lipinski definition) is 4. The maximum absolute atomic E-state index is 12.5. The van der Waals surface area contributed by atoms with E-state index in [0.717, 1.165) is 5.56 Å². The summed E-state index contributed by atoms with van der Waals surface area (Å²) >= 11 is 0. The smallest absolute Gasteiger partial charge is 0.258 e. The lowest BCUT2D eigenvalue weighted by molar-refractivity contribution is 0.0878. The quantitative estimate of drug-likeness (QED) is 0.673. The van der Waals surface area contributed by atoms with Crippen molar-refractivity contribution in [3.05, 3.63) is 95.1 Å². The van der Waals surface area contributed by atoms with Crippen LogP contribution in [0.4, 0.5) is 0 Å². The fourth-order valence-corrected chi connectivity index (χ4v) is 2.95. The van der Waals surface area contributed by atoms with Gasteiger partial charge in [0, 0.05) is 17.7 Å². The molecule has 0 saturated carbocycles. The summed E-state index contributed by atoms with van der Waals surface area (Å²) in [5, 5.41) is 5.03. The molecule has 28 heavy (non-hydrogen) atoms. The molecule has 2 N–H and O–H groups in total. The second kappa shape index (κ2) is 7.36. The molecule has 6 heteroatoms. The molecule has 6 nitrogen and oxygen atoms in total. The fraction of sp³-hybridized carbons (Fsp3) is 0.0455. The van der Waals surface area contributed by atoms with Gasteiger partial charge in [-0.1, -0.05) is 36.4 Å². The Balaban J connectivity index is 1.48. The maximum atomic E-state index is 12.5. The number of para-hydroxylation sites is 2. The average Bonchev–Trinajstić information content (AvgIpc) is 3.01. The molecule has 0 atom stereocenters. The van der Waals surface area contributed by atoms with Gasteiger partial charge in [-0.2, -0.15) is 0 Å². The molecule has 4 rings (SSSR count). The molecular weight excluding hydrogens is 356 g/mol. The third-order valence-electron chi connectivity index (χ3n) is 4.38. The van der Waals surface area contributed by atoms with Gasteiger partial charge in [-0.05, 0) is 36.4 Å². The predicted octanol–water partition coefficient (Wildman–Crippen LogP) is 3.29. The van der Waals surface area contributed by atoms with Gasteiger partial charge in [0.2, 0.25) is 0 Å². The Labute approximate surface area is 161 Å². The molecule has 0 spiro atoms. The Morgan fingerprint density at radius 1 is 0.857 bits per heavy atom. The lowest BCUT2D eigenvalue weighted by Gasteiger charge is -2.12. The normalized spacial score (nSPS) is 12.3. The molecule has 1 aliphatic heterocycles. The maximum Gasteiger partial charge on any atom is 0.258 e. The molecule has 3 amide bonds. The highest BCUT2D eigenvalue weighted by atomic mass is 16.5. The van der Waals surface area contributed by atoms with Crippen molar-refractivity contribution in [1.82, 2.24) is 10.6 Å². The summed E-state index contributed by atoms with van der Waals surface area (Å²) in [6.45, 7) is 0.254. The van der Waals surface area contributed by atoms with Crippen molar-refractivity contribution >= 4 is 17.7 Å². The minimum atomic E-state index is -0.490. The molecule has 0 saturated heterocycles. The second-order valence-corrected chi connectivity index (χ2v) is 6.25. The SMILES string of the molecule is O=C(NCc1ccccc1Oc1ccccc1)c1ccc2c(c1)C(=O)NC2=O. The minimum Gasteiger partial charge on any atom is -0.457 e. The summed E-state index contributed by atoms with van der Waals surface area (Å²) in [5.41, 5.74) is 1.62. The number of nitrogens with one attached hydrogen (secondary N) is 2. The van der Waals surface area contributed by atoms with Gasteiger partial charge in [0.1, 0.15) is 11.5 Å². The van der Waals surface area contributed by atoms with E-state index >= 15 is 0 Å². The molecule has 0 aliphatic carbocycles. The molecule has 0 fully saturated rings. The first-order chi connectivity index (χ1) is 13.6. The van der Waals surface area contributed by atoms with Crippen LogP contribution in [0, 0.1) is 0 Å². The van der Waals surface area contributed by atoms with Crippen molar-refractivity contribution in [1.29, 1.82) is 0 Å². The Morgan fingerprint density at radius 3 is 2.39 bits per heavy atom. The van der Waals surface area contributed by atoms with Crippen LogP contribution in [-0.2, 0) is 6.54 Å². The van der Waals surface area contributed by atoms with Crippen LogP contribution in [0.1, 0.15) is 36.6 Å². The predicted molar refractivity (Wildman–Crippen MR) is 102 cm³/mol. The number of benzene rings is 3. The summed E-state index contributed by atoms with van der Waals surface area (Å²) in [5.74, 6) is 0.0724. The van der Waals surface area contributed by atoms with E-state index in [1.807, 2.05) is 54.6 Å². The summed E-state index contributed by atoms with van der Waals surface area (Å²) in [7, 11) is 0. The Hall–Kier alpha value is -3.93. The largest absolute Gasteiger partial charge is 0.457 e. The van der Waals surface area contributed by atoms with Gasteiger partial charge < -0.3 is 10.1 Å². The third kappa shape index (κ3) is 3.48. The van der Waals surface area contributed by atoms with E-state index < -0.39 is 11.8 Å². The van der Waals surface area contributed by atoms with Crippen molar-refractivity contribution in [3.63, 3.8) is 0 Å². The summed E-state index contributed by atoms with van der Waals surface area (Å²) in [4.78, 5) is 35.9. The van der Waals surface area contributed by atoms with Crippen LogP contribution in [0.15, 0.2) is 72.8 Å². The van der Waals surface area contributed by atoms with E-state index in [2.05, 4.69) is 10.6 Å². The first kappa shape index (κ1) is 17.5. The number of ether oxygens (including phenoxy) is 1. The molecule has 1 heterocycles. The van der Waals surface area contributed by atoms with Crippen LogP contribution in [0.2, 0.25) is 0 Å². The first-order valence-electron chi connectivity index (χ1n) is 8.70. The van der Waals surface area contributed by atoms with Crippen molar-refractivity contribution in [2.45, 2.75) is 6.54 Å². The van der Waals surface area contributed by atoms with Crippen LogP contribution < -0.4 is 15.4 Å². The molecular formula is C22H16N2O4. The van der Waals surface area contributed by atoms with Gasteiger partial charge in [0.15, 0.2) is 0 Å². The summed E-state index contributed by atoms with van der Waals surface area (Å²) in [6, 6.07) is 21.2. The molecule has 0 aromatic heterocycles. The highest BCUT2D eigenvalue weighted by Crippen LogP contribution is 2.25.